The number of benzene rings is 1. The Morgan fingerprint density at radius 1 is 1.24 bits per heavy atom. The number of hydrogen-bond donors (Lipinski definition) is 0. The van der Waals surface area contributed by atoms with Crippen LogP contribution < -0.4 is 0 Å². The van der Waals surface area contributed by atoms with Crippen LogP contribution in [-0.4, -0.2) is 9.55 Å². The zero-order valence-corrected chi connectivity index (χ0v) is 14.0. The number of aromatic nitrogens is 2. The third-order valence-corrected chi connectivity index (χ3v) is 5.02. The largest absolute Gasteiger partial charge is 0.324 e. The molecule has 1 heterocycles. The van der Waals surface area contributed by atoms with Crippen LogP contribution in [-0.2, 0) is 0 Å². The van der Waals surface area contributed by atoms with Gasteiger partial charge in [-0.15, -0.1) is 11.6 Å². The second kappa shape index (κ2) is 6.00. The summed E-state index contributed by atoms with van der Waals surface area (Å²) in [4.78, 5) is 4.81. The number of rotatable bonds is 2. The van der Waals surface area contributed by atoms with Gasteiger partial charge in [-0.25, -0.2) is 4.98 Å². The van der Waals surface area contributed by atoms with Crippen LogP contribution in [0.3, 0.4) is 0 Å². The Morgan fingerprint density at radius 3 is 2.81 bits per heavy atom. The molecule has 1 aromatic heterocycles. The maximum Gasteiger partial charge on any atom is 0.127 e. The highest BCUT2D eigenvalue weighted by Crippen LogP contribution is 2.36. The highest BCUT2D eigenvalue weighted by atomic mass is 35.5. The summed E-state index contributed by atoms with van der Waals surface area (Å²) in [5.74, 6) is 1.89. The van der Waals surface area contributed by atoms with E-state index in [0.717, 1.165) is 17.3 Å². The lowest BCUT2D eigenvalue weighted by Gasteiger charge is -2.21. The van der Waals surface area contributed by atoms with Crippen LogP contribution >= 0.6 is 11.6 Å². The van der Waals surface area contributed by atoms with E-state index >= 15 is 0 Å². The van der Waals surface area contributed by atoms with Crippen molar-refractivity contribution in [1.29, 1.82) is 0 Å². The van der Waals surface area contributed by atoms with Gasteiger partial charge < -0.3 is 4.57 Å². The first-order chi connectivity index (χ1) is 10.1. The van der Waals surface area contributed by atoms with Gasteiger partial charge in [0.05, 0.1) is 16.4 Å². The van der Waals surface area contributed by atoms with E-state index in [9.17, 15) is 0 Å². The minimum Gasteiger partial charge on any atom is -0.324 e. The van der Waals surface area contributed by atoms with Crippen molar-refractivity contribution in [3.63, 3.8) is 0 Å². The molecule has 3 atom stereocenters. The Kier molecular flexibility index (Phi) is 4.26. The molecule has 2 aromatic rings. The molecule has 0 amide bonds. The van der Waals surface area contributed by atoms with Crippen molar-refractivity contribution in [3.8, 4) is 0 Å². The second-order valence-corrected chi connectivity index (χ2v) is 7.37. The monoisotopic (exact) mass is 304 g/mol. The number of alkyl halides is 1. The first-order valence-corrected chi connectivity index (χ1v) is 8.62. The fourth-order valence-corrected chi connectivity index (χ4v) is 3.77. The van der Waals surface area contributed by atoms with Crippen molar-refractivity contribution >= 4 is 22.6 Å². The molecule has 0 radical (unpaired) electrons. The molecule has 0 saturated heterocycles. The van der Waals surface area contributed by atoms with Crippen molar-refractivity contribution in [2.45, 2.75) is 64.3 Å². The smallest absolute Gasteiger partial charge is 0.127 e. The van der Waals surface area contributed by atoms with Crippen LogP contribution in [0.4, 0.5) is 0 Å². The third kappa shape index (κ3) is 2.96. The molecule has 3 heteroatoms. The number of hydrogen-bond acceptors (Lipinski definition) is 1. The van der Waals surface area contributed by atoms with Crippen LogP contribution in [0.2, 0.25) is 0 Å². The summed E-state index contributed by atoms with van der Waals surface area (Å²) in [6.45, 7) is 6.56. The van der Waals surface area contributed by atoms with Gasteiger partial charge in [-0.05, 0) is 56.7 Å². The predicted molar refractivity (Wildman–Crippen MR) is 90.0 cm³/mol. The molecule has 0 spiro atoms. The van der Waals surface area contributed by atoms with Gasteiger partial charge in [-0.1, -0.05) is 25.8 Å². The van der Waals surface area contributed by atoms with E-state index < -0.39 is 0 Å². The Labute approximate surface area is 132 Å². The van der Waals surface area contributed by atoms with Gasteiger partial charge >= 0.3 is 0 Å². The Balaban J connectivity index is 2.09. The molecular formula is C18H25ClN2. The molecule has 21 heavy (non-hydrogen) atoms. The molecular weight excluding hydrogens is 280 g/mol. The molecule has 0 aliphatic heterocycles. The molecule has 0 N–H and O–H groups in total. The van der Waals surface area contributed by atoms with Crippen molar-refractivity contribution in [1.82, 2.24) is 9.55 Å². The molecule has 1 aromatic carbocycles. The van der Waals surface area contributed by atoms with Crippen molar-refractivity contribution < 1.29 is 0 Å². The summed E-state index contributed by atoms with van der Waals surface area (Å²) >= 11 is 6.42. The lowest BCUT2D eigenvalue weighted by Crippen LogP contribution is -2.12. The van der Waals surface area contributed by atoms with Crippen LogP contribution in [0.5, 0.6) is 0 Å². The van der Waals surface area contributed by atoms with Crippen LogP contribution in [0.1, 0.15) is 68.8 Å². The highest BCUT2D eigenvalue weighted by Gasteiger charge is 2.24. The van der Waals surface area contributed by atoms with E-state index in [1.165, 1.54) is 43.2 Å². The van der Waals surface area contributed by atoms with Crippen LogP contribution in [0, 0.1) is 12.8 Å². The minimum absolute atomic E-state index is 0.0432. The molecule has 1 aliphatic rings. The molecule has 0 bridgehead atoms. The summed E-state index contributed by atoms with van der Waals surface area (Å²) in [5.41, 5.74) is 3.64. The molecule has 2 nitrogen and oxygen atoms in total. The zero-order chi connectivity index (χ0) is 15.0. The maximum absolute atomic E-state index is 6.42. The van der Waals surface area contributed by atoms with E-state index in [0.29, 0.717) is 6.04 Å². The minimum atomic E-state index is -0.0432. The van der Waals surface area contributed by atoms with Gasteiger partial charge in [0.15, 0.2) is 0 Å². The van der Waals surface area contributed by atoms with Gasteiger partial charge in [0.25, 0.3) is 0 Å². The SMILES string of the molecule is Cc1ccc2nc(C(C)Cl)n(C3CCCC(C)CC3)c2c1. The Morgan fingerprint density at radius 2 is 2.05 bits per heavy atom. The third-order valence-electron chi connectivity index (χ3n) is 4.82. The van der Waals surface area contributed by atoms with E-state index in [1.807, 2.05) is 6.92 Å². The summed E-state index contributed by atoms with van der Waals surface area (Å²) in [6.07, 6.45) is 6.48. The summed E-state index contributed by atoms with van der Waals surface area (Å²) in [5, 5.41) is -0.0432. The Hall–Kier alpha value is -1.02. The average molecular weight is 305 g/mol. The van der Waals surface area contributed by atoms with E-state index in [1.54, 1.807) is 0 Å². The van der Waals surface area contributed by atoms with Gasteiger partial charge in [-0.2, -0.15) is 0 Å². The van der Waals surface area contributed by atoms with Gasteiger partial charge in [0.2, 0.25) is 0 Å². The standard InChI is InChI=1S/C18H25ClN2/c1-12-5-4-6-15(9-7-12)21-17-11-13(2)8-10-16(17)20-18(21)14(3)19/h8,10-12,14-15H,4-7,9H2,1-3H3. The van der Waals surface area contributed by atoms with Crippen molar-refractivity contribution in [3.05, 3.63) is 29.6 Å². The van der Waals surface area contributed by atoms with Gasteiger partial charge in [0.1, 0.15) is 5.82 Å². The van der Waals surface area contributed by atoms with Crippen LogP contribution in [0.15, 0.2) is 18.2 Å². The fourth-order valence-electron chi connectivity index (χ4n) is 3.61. The summed E-state index contributed by atoms with van der Waals surface area (Å²) in [7, 11) is 0. The first-order valence-electron chi connectivity index (χ1n) is 8.19. The molecule has 1 saturated carbocycles. The summed E-state index contributed by atoms with van der Waals surface area (Å²) in [6, 6.07) is 7.08. The average Bonchev–Trinajstić information content (AvgIpc) is 2.68. The summed E-state index contributed by atoms with van der Waals surface area (Å²) < 4.78 is 2.44. The molecule has 1 fully saturated rings. The van der Waals surface area contributed by atoms with Crippen molar-refractivity contribution in [2.75, 3.05) is 0 Å². The van der Waals surface area contributed by atoms with Crippen LogP contribution in [0.25, 0.3) is 11.0 Å². The Bertz CT molecular complexity index is 629. The first kappa shape index (κ1) is 14.9. The predicted octanol–water partition coefficient (Wildman–Crippen LogP) is 5.79. The topological polar surface area (TPSA) is 17.8 Å². The lowest BCUT2D eigenvalue weighted by atomic mass is 10.0. The van der Waals surface area contributed by atoms with Crippen molar-refractivity contribution in [2.24, 2.45) is 5.92 Å². The fraction of sp³-hybridized carbons (Fsp3) is 0.611. The van der Waals surface area contributed by atoms with Gasteiger partial charge in [0, 0.05) is 6.04 Å². The van der Waals surface area contributed by atoms with E-state index in [4.69, 9.17) is 16.6 Å². The molecule has 1 aliphatic carbocycles. The number of aryl methyl sites for hydroxylation is 1. The second-order valence-electron chi connectivity index (χ2n) is 6.72. The number of halogens is 1. The normalized spacial score (nSPS) is 25.0. The molecule has 3 rings (SSSR count). The number of fused-ring (bicyclic) bond motifs is 1. The number of nitrogens with zero attached hydrogens (tertiary/aromatic N) is 2. The van der Waals surface area contributed by atoms with E-state index in [2.05, 4.69) is 36.6 Å². The lowest BCUT2D eigenvalue weighted by molar-refractivity contribution is 0.430. The molecule has 114 valence electrons. The highest BCUT2D eigenvalue weighted by molar-refractivity contribution is 6.20. The van der Waals surface area contributed by atoms with E-state index in [-0.39, 0.29) is 5.38 Å². The quantitative estimate of drug-likeness (QED) is 0.507. The maximum atomic E-state index is 6.42. The van der Waals surface area contributed by atoms with Gasteiger partial charge in [-0.3, -0.25) is 0 Å². The molecule has 3 unspecified atom stereocenters. The zero-order valence-electron chi connectivity index (χ0n) is 13.3. The number of imidazole rings is 1.